The van der Waals surface area contributed by atoms with Crippen LogP contribution in [-0.4, -0.2) is 119 Å². The maximum Gasteiger partial charge on any atom is 0.246 e. The van der Waals surface area contributed by atoms with E-state index in [0.717, 1.165) is 47.2 Å². The smallest absolute Gasteiger partial charge is 0.246 e. The van der Waals surface area contributed by atoms with Crippen molar-refractivity contribution in [3.8, 4) is 10.4 Å². The first-order chi connectivity index (χ1) is 24.6. The number of aldehydes is 1. The van der Waals surface area contributed by atoms with E-state index in [0.29, 0.717) is 72.2 Å². The molecule has 1 unspecified atom stereocenters. The van der Waals surface area contributed by atoms with Crippen LogP contribution in [-0.2, 0) is 49.4 Å². The maximum absolute atomic E-state index is 13.8. The monoisotopic (exact) mass is 732 g/mol. The fourth-order valence-electron chi connectivity index (χ4n) is 5.52. The van der Waals surface area contributed by atoms with Gasteiger partial charge in [0.15, 0.2) is 0 Å². The number of aryl methyl sites for hydroxylation is 1. The molecule has 14 heteroatoms. The van der Waals surface area contributed by atoms with Crippen LogP contribution >= 0.6 is 11.3 Å². The van der Waals surface area contributed by atoms with Crippen molar-refractivity contribution in [1.82, 2.24) is 20.5 Å². The van der Waals surface area contributed by atoms with Crippen LogP contribution in [0.3, 0.4) is 0 Å². The van der Waals surface area contributed by atoms with Gasteiger partial charge in [-0.05, 0) is 55.6 Å². The molecule has 13 nitrogen and oxygen atoms in total. The summed E-state index contributed by atoms with van der Waals surface area (Å²) in [5.41, 5.74) is 4.28. The molecule has 2 heterocycles. The highest BCUT2D eigenvalue weighted by molar-refractivity contribution is 7.13. The first-order valence-electron chi connectivity index (χ1n) is 17.8. The van der Waals surface area contributed by atoms with Gasteiger partial charge in [0.1, 0.15) is 31.6 Å². The van der Waals surface area contributed by atoms with Crippen molar-refractivity contribution < 1.29 is 42.9 Å². The largest absolute Gasteiger partial charge is 0.379 e. The lowest BCUT2D eigenvalue weighted by Crippen LogP contribution is -2.58. The number of amides is 3. The van der Waals surface area contributed by atoms with Gasteiger partial charge in [0.05, 0.1) is 55.7 Å². The summed E-state index contributed by atoms with van der Waals surface area (Å²) in [6.07, 6.45) is 4.85. The SMILES string of the molecule is Cc1ncsc1-c1ccc(CNC(=O)[C@@H]2CCCN2C(=O)C(NC(=O)COCCOCCOCCOCCCCCOCC=O)C(C)(C)C)cc1. The normalized spacial score (nSPS) is 15.1. The molecule has 2 atom stereocenters. The number of nitrogens with zero attached hydrogens (tertiary/aromatic N) is 2. The summed E-state index contributed by atoms with van der Waals surface area (Å²) in [5.74, 6) is -0.884. The zero-order chi connectivity index (χ0) is 36.9. The lowest BCUT2D eigenvalue weighted by molar-refractivity contribution is -0.144. The number of rotatable bonds is 25. The molecule has 3 rings (SSSR count). The molecule has 51 heavy (non-hydrogen) atoms. The second-order valence-corrected chi connectivity index (χ2v) is 14.3. The Morgan fingerprint density at radius 1 is 0.922 bits per heavy atom. The van der Waals surface area contributed by atoms with Crippen LogP contribution in [0.5, 0.6) is 0 Å². The molecular formula is C37H56N4O9S. The summed E-state index contributed by atoms with van der Waals surface area (Å²) in [7, 11) is 0. The number of benzene rings is 1. The fraction of sp³-hybridized carbons (Fsp3) is 0.649. The molecule has 2 N–H and O–H groups in total. The minimum absolute atomic E-state index is 0.154. The third-order valence-corrected chi connectivity index (χ3v) is 9.28. The Bertz CT molecular complexity index is 1330. The van der Waals surface area contributed by atoms with Crippen LogP contribution in [0.25, 0.3) is 10.4 Å². The van der Waals surface area contributed by atoms with Gasteiger partial charge >= 0.3 is 0 Å². The Morgan fingerprint density at radius 3 is 2.16 bits per heavy atom. The van der Waals surface area contributed by atoms with Gasteiger partial charge in [-0.15, -0.1) is 11.3 Å². The van der Waals surface area contributed by atoms with Crippen molar-refractivity contribution in [2.24, 2.45) is 5.41 Å². The second kappa shape index (κ2) is 23.3. The lowest BCUT2D eigenvalue weighted by Gasteiger charge is -2.35. The molecule has 0 aliphatic carbocycles. The molecule has 284 valence electrons. The average Bonchev–Trinajstić information content (AvgIpc) is 3.78. The summed E-state index contributed by atoms with van der Waals surface area (Å²) in [6.45, 7) is 11.9. The molecule has 3 amide bonds. The van der Waals surface area contributed by atoms with E-state index in [1.807, 2.05) is 57.5 Å². The van der Waals surface area contributed by atoms with E-state index in [2.05, 4.69) is 15.6 Å². The van der Waals surface area contributed by atoms with E-state index in [1.54, 1.807) is 16.2 Å². The van der Waals surface area contributed by atoms with E-state index in [-0.39, 0.29) is 31.6 Å². The summed E-state index contributed by atoms with van der Waals surface area (Å²) in [4.78, 5) is 57.0. The number of aromatic nitrogens is 1. The molecule has 2 aromatic rings. The first-order valence-corrected chi connectivity index (χ1v) is 18.7. The molecule has 1 fully saturated rings. The van der Waals surface area contributed by atoms with Crippen molar-refractivity contribution in [2.75, 3.05) is 72.6 Å². The van der Waals surface area contributed by atoms with E-state index < -0.39 is 23.4 Å². The standard InChI is InChI=1S/C37H56N4O9S/c1-28-33(51-27-39-28)30-12-10-29(11-13-30)25-38-35(44)31-9-8-14-41(31)36(45)34(37(2,3)4)40-32(43)26-50-24-23-49-22-21-48-20-19-47-17-7-5-6-16-46-18-15-42/h10-13,15,27,31,34H,5-9,14,16-26H2,1-4H3,(H,38,44)(H,40,43)/t31-,34?/m0/s1. The predicted molar refractivity (Wildman–Crippen MR) is 194 cm³/mol. The molecule has 1 aromatic heterocycles. The molecule has 1 aromatic carbocycles. The first kappa shape index (κ1) is 42.1. The van der Waals surface area contributed by atoms with E-state index in [1.165, 1.54) is 0 Å². The van der Waals surface area contributed by atoms with Gasteiger partial charge in [0.2, 0.25) is 17.7 Å². The quantitative estimate of drug-likeness (QED) is 0.114. The molecule has 0 radical (unpaired) electrons. The molecule has 0 spiro atoms. The van der Waals surface area contributed by atoms with E-state index >= 15 is 0 Å². The van der Waals surface area contributed by atoms with Gasteiger partial charge in [-0.1, -0.05) is 45.0 Å². The average molecular weight is 733 g/mol. The fourth-order valence-corrected chi connectivity index (χ4v) is 6.33. The zero-order valence-corrected chi connectivity index (χ0v) is 31.4. The molecule has 0 bridgehead atoms. The van der Waals surface area contributed by atoms with Crippen LogP contribution in [0.15, 0.2) is 29.8 Å². The number of carbonyl (C=O) groups excluding carboxylic acids is 4. The summed E-state index contributed by atoms with van der Waals surface area (Å²) < 4.78 is 27.1. The zero-order valence-electron chi connectivity index (χ0n) is 30.6. The highest BCUT2D eigenvalue weighted by Crippen LogP contribution is 2.28. The lowest BCUT2D eigenvalue weighted by atomic mass is 9.85. The van der Waals surface area contributed by atoms with Crippen molar-refractivity contribution in [2.45, 2.75) is 78.4 Å². The summed E-state index contributed by atoms with van der Waals surface area (Å²) in [6, 6.07) is 6.61. The van der Waals surface area contributed by atoms with Gasteiger partial charge < -0.3 is 44.0 Å². The number of thiazole rings is 1. The predicted octanol–water partition coefficient (Wildman–Crippen LogP) is 3.71. The van der Waals surface area contributed by atoms with Gasteiger partial charge in [-0.25, -0.2) is 4.98 Å². The third-order valence-electron chi connectivity index (χ3n) is 8.30. The van der Waals surface area contributed by atoms with Gasteiger partial charge in [0.25, 0.3) is 0 Å². The van der Waals surface area contributed by atoms with Gasteiger partial charge in [-0.3, -0.25) is 14.4 Å². The Balaban J connectivity index is 1.29. The van der Waals surface area contributed by atoms with Crippen LogP contribution < -0.4 is 10.6 Å². The van der Waals surface area contributed by atoms with Gasteiger partial charge in [0, 0.05) is 26.3 Å². The molecule has 1 aliphatic heterocycles. The van der Waals surface area contributed by atoms with E-state index in [4.69, 9.17) is 23.7 Å². The number of hydrogen-bond acceptors (Lipinski definition) is 11. The molecular weight excluding hydrogens is 676 g/mol. The Kier molecular flexibility index (Phi) is 19.3. The minimum atomic E-state index is -0.823. The topological polar surface area (TPSA) is 155 Å². The maximum atomic E-state index is 13.8. The highest BCUT2D eigenvalue weighted by Gasteiger charge is 2.41. The second-order valence-electron chi connectivity index (χ2n) is 13.4. The van der Waals surface area contributed by atoms with Crippen LogP contribution in [0.1, 0.15) is 64.1 Å². The Hall–Kier alpha value is -3.27. The minimum Gasteiger partial charge on any atom is -0.379 e. The Morgan fingerprint density at radius 2 is 1.55 bits per heavy atom. The van der Waals surface area contributed by atoms with Crippen LogP contribution in [0.4, 0.5) is 0 Å². The van der Waals surface area contributed by atoms with Crippen LogP contribution in [0.2, 0.25) is 0 Å². The molecule has 1 aliphatic rings. The molecule has 0 saturated carbocycles. The number of carbonyl (C=O) groups is 4. The van der Waals surface area contributed by atoms with E-state index in [9.17, 15) is 19.2 Å². The van der Waals surface area contributed by atoms with Gasteiger partial charge in [-0.2, -0.15) is 0 Å². The van der Waals surface area contributed by atoms with Crippen LogP contribution in [0, 0.1) is 12.3 Å². The molecule has 1 saturated heterocycles. The number of likely N-dealkylation sites (tertiary alicyclic amines) is 1. The Labute approximate surface area is 306 Å². The number of nitrogens with one attached hydrogen (secondary N) is 2. The number of unbranched alkanes of at least 4 members (excludes halogenated alkanes) is 2. The third kappa shape index (κ3) is 15.5. The summed E-state index contributed by atoms with van der Waals surface area (Å²) in [5, 5.41) is 5.85. The van der Waals surface area contributed by atoms with Crippen molar-refractivity contribution >= 4 is 35.3 Å². The highest BCUT2D eigenvalue weighted by atomic mass is 32.1. The number of ether oxygens (including phenoxy) is 5. The summed E-state index contributed by atoms with van der Waals surface area (Å²) >= 11 is 1.60. The number of hydrogen-bond donors (Lipinski definition) is 2. The van der Waals surface area contributed by atoms with Crippen molar-refractivity contribution in [3.05, 3.63) is 41.0 Å². The van der Waals surface area contributed by atoms with Crippen molar-refractivity contribution in [1.29, 1.82) is 0 Å². The van der Waals surface area contributed by atoms with Crippen molar-refractivity contribution in [3.63, 3.8) is 0 Å².